The van der Waals surface area contributed by atoms with Gasteiger partial charge in [-0.3, -0.25) is 4.79 Å². The van der Waals surface area contributed by atoms with E-state index >= 15 is 0 Å². The number of methoxy groups -OCH3 is 2. The summed E-state index contributed by atoms with van der Waals surface area (Å²) in [6, 6.07) is 11.8. The van der Waals surface area contributed by atoms with Gasteiger partial charge < -0.3 is 9.47 Å². The minimum Gasteiger partial charge on any atom is -0.493 e. The average molecular weight is 325 g/mol. The molecule has 0 fully saturated rings. The number of alkyl halides is 1. The third-order valence-corrected chi connectivity index (χ3v) is 3.76. The van der Waals surface area contributed by atoms with Crippen molar-refractivity contribution in [1.82, 2.24) is 0 Å². The first kappa shape index (κ1) is 15.7. The van der Waals surface area contributed by atoms with Crippen LogP contribution in [0.15, 0.2) is 42.5 Å². The number of ether oxygens (including phenoxy) is 2. The van der Waals surface area contributed by atoms with Crippen LogP contribution in [-0.2, 0) is 0 Å². The molecule has 2 aromatic carbocycles. The van der Waals surface area contributed by atoms with Crippen LogP contribution in [0.25, 0.3) is 0 Å². The lowest BCUT2D eigenvalue weighted by atomic mass is 10.0. The highest BCUT2D eigenvalue weighted by Gasteiger charge is 2.21. The van der Waals surface area contributed by atoms with E-state index in [0.717, 1.165) is 0 Å². The summed E-state index contributed by atoms with van der Waals surface area (Å²) in [6.07, 6.45) is 0. The predicted molar refractivity (Wildman–Crippen MR) is 83.9 cm³/mol. The minimum absolute atomic E-state index is 0.194. The Kier molecular flexibility index (Phi) is 5.10. The molecule has 2 aromatic rings. The van der Waals surface area contributed by atoms with E-state index in [-0.39, 0.29) is 5.78 Å². The van der Waals surface area contributed by atoms with Gasteiger partial charge in [-0.15, -0.1) is 11.6 Å². The van der Waals surface area contributed by atoms with Crippen LogP contribution in [0.4, 0.5) is 0 Å². The van der Waals surface area contributed by atoms with Crippen molar-refractivity contribution in [1.29, 1.82) is 0 Å². The van der Waals surface area contributed by atoms with Gasteiger partial charge in [0.15, 0.2) is 17.3 Å². The van der Waals surface area contributed by atoms with E-state index in [1.54, 1.807) is 49.6 Å². The van der Waals surface area contributed by atoms with E-state index in [2.05, 4.69) is 0 Å². The van der Waals surface area contributed by atoms with E-state index in [0.29, 0.717) is 27.6 Å². The van der Waals surface area contributed by atoms with Gasteiger partial charge in [-0.1, -0.05) is 17.7 Å². The Morgan fingerprint density at radius 2 is 1.62 bits per heavy atom. The number of hydrogen-bond donors (Lipinski definition) is 0. The molecule has 21 heavy (non-hydrogen) atoms. The predicted octanol–water partition coefficient (Wildman–Crippen LogP) is 4.52. The summed E-state index contributed by atoms with van der Waals surface area (Å²) in [7, 11) is 3.08. The Morgan fingerprint density at radius 3 is 2.19 bits per heavy atom. The van der Waals surface area contributed by atoms with Crippen molar-refractivity contribution in [3.8, 4) is 11.5 Å². The van der Waals surface area contributed by atoms with Crippen molar-refractivity contribution in [2.24, 2.45) is 0 Å². The van der Waals surface area contributed by atoms with Gasteiger partial charge in [-0.2, -0.15) is 0 Å². The van der Waals surface area contributed by atoms with Crippen LogP contribution in [-0.4, -0.2) is 20.0 Å². The van der Waals surface area contributed by atoms with Crippen molar-refractivity contribution in [3.05, 3.63) is 58.6 Å². The van der Waals surface area contributed by atoms with E-state index in [1.165, 1.54) is 7.11 Å². The highest BCUT2D eigenvalue weighted by molar-refractivity contribution is 6.34. The number of ketones is 1. The largest absolute Gasteiger partial charge is 0.493 e. The second-order valence-electron chi connectivity index (χ2n) is 4.35. The van der Waals surface area contributed by atoms with Gasteiger partial charge in [0.2, 0.25) is 0 Å². The maximum Gasteiger partial charge on any atom is 0.185 e. The summed E-state index contributed by atoms with van der Waals surface area (Å²) in [4.78, 5) is 12.4. The zero-order chi connectivity index (χ0) is 15.4. The molecule has 0 heterocycles. The van der Waals surface area contributed by atoms with Crippen molar-refractivity contribution in [3.63, 3.8) is 0 Å². The van der Waals surface area contributed by atoms with Gasteiger partial charge in [0.05, 0.1) is 14.2 Å². The molecular formula is C16H14Cl2O3. The summed E-state index contributed by atoms with van der Waals surface area (Å²) in [5.74, 6) is 0.925. The van der Waals surface area contributed by atoms with Crippen LogP contribution in [0.2, 0.25) is 5.02 Å². The van der Waals surface area contributed by atoms with Gasteiger partial charge >= 0.3 is 0 Å². The number of halogens is 2. The molecule has 0 saturated carbocycles. The van der Waals surface area contributed by atoms with E-state index in [1.807, 2.05) is 0 Å². The first-order chi connectivity index (χ1) is 10.1. The molecule has 1 atom stereocenters. The van der Waals surface area contributed by atoms with Gasteiger partial charge in [-0.25, -0.2) is 0 Å². The summed E-state index contributed by atoms with van der Waals surface area (Å²) in [5.41, 5.74) is 1.16. The van der Waals surface area contributed by atoms with Gasteiger partial charge in [0.1, 0.15) is 5.38 Å². The Balaban J connectivity index is 2.28. The Morgan fingerprint density at radius 1 is 1.00 bits per heavy atom. The Bertz CT molecular complexity index is 638. The first-order valence-corrected chi connectivity index (χ1v) is 7.04. The van der Waals surface area contributed by atoms with Crippen LogP contribution >= 0.6 is 23.2 Å². The van der Waals surface area contributed by atoms with Gasteiger partial charge in [0.25, 0.3) is 0 Å². The zero-order valence-electron chi connectivity index (χ0n) is 11.6. The number of Topliss-reactive ketones (excluding diaryl/α,β-unsaturated/α-hetero) is 1. The van der Waals surface area contributed by atoms with Gasteiger partial charge in [-0.05, 0) is 42.0 Å². The number of carbonyl (C=O) groups is 1. The zero-order valence-corrected chi connectivity index (χ0v) is 13.1. The molecule has 2 rings (SSSR count). The molecule has 0 bridgehead atoms. The molecule has 0 N–H and O–H groups in total. The molecule has 0 spiro atoms. The molecule has 0 amide bonds. The van der Waals surface area contributed by atoms with Crippen molar-refractivity contribution >= 4 is 29.0 Å². The maximum atomic E-state index is 12.4. The van der Waals surface area contributed by atoms with E-state index in [4.69, 9.17) is 32.7 Å². The standard InChI is InChI=1S/C16H14Cl2O3/c1-20-13-8-5-11(9-14(13)21-2)15(18)16(19)10-3-6-12(17)7-4-10/h3-9,15H,1-2H3. The molecule has 0 radical (unpaired) electrons. The molecule has 110 valence electrons. The number of benzene rings is 2. The van der Waals surface area contributed by atoms with Crippen molar-refractivity contribution in [2.75, 3.05) is 14.2 Å². The lowest BCUT2D eigenvalue weighted by Gasteiger charge is -2.13. The normalized spacial score (nSPS) is 11.8. The fourth-order valence-corrected chi connectivity index (χ4v) is 2.31. The maximum absolute atomic E-state index is 12.4. The van der Waals surface area contributed by atoms with Crippen LogP contribution in [0.3, 0.4) is 0 Å². The smallest absolute Gasteiger partial charge is 0.185 e. The summed E-state index contributed by atoms with van der Waals surface area (Å²) >= 11 is 12.1. The molecular weight excluding hydrogens is 311 g/mol. The number of carbonyl (C=O) groups excluding carboxylic acids is 1. The van der Waals surface area contributed by atoms with Crippen LogP contribution in [0.1, 0.15) is 21.3 Å². The third-order valence-electron chi connectivity index (χ3n) is 3.06. The molecule has 0 saturated heterocycles. The molecule has 0 aliphatic rings. The second-order valence-corrected chi connectivity index (χ2v) is 5.22. The van der Waals surface area contributed by atoms with E-state index in [9.17, 15) is 4.79 Å². The van der Waals surface area contributed by atoms with Crippen LogP contribution in [0, 0.1) is 0 Å². The lowest BCUT2D eigenvalue weighted by molar-refractivity contribution is 0.0987. The topological polar surface area (TPSA) is 35.5 Å². The highest BCUT2D eigenvalue weighted by atomic mass is 35.5. The first-order valence-electron chi connectivity index (χ1n) is 6.22. The fraction of sp³-hybridized carbons (Fsp3) is 0.188. The molecule has 1 unspecified atom stereocenters. The number of hydrogen-bond acceptors (Lipinski definition) is 3. The number of rotatable bonds is 5. The third kappa shape index (κ3) is 3.49. The van der Waals surface area contributed by atoms with Crippen LogP contribution in [0.5, 0.6) is 11.5 Å². The Labute approximate surface area is 133 Å². The van der Waals surface area contributed by atoms with Gasteiger partial charge in [0, 0.05) is 10.6 Å². The van der Waals surface area contributed by atoms with E-state index < -0.39 is 5.38 Å². The van der Waals surface area contributed by atoms with Crippen molar-refractivity contribution in [2.45, 2.75) is 5.38 Å². The SMILES string of the molecule is COc1ccc(C(Cl)C(=O)c2ccc(Cl)cc2)cc1OC. The highest BCUT2D eigenvalue weighted by Crippen LogP contribution is 2.33. The van der Waals surface area contributed by atoms with Crippen molar-refractivity contribution < 1.29 is 14.3 Å². The molecule has 5 heteroatoms. The molecule has 3 nitrogen and oxygen atoms in total. The minimum atomic E-state index is -0.800. The summed E-state index contributed by atoms with van der Waals surface area (Å²) in [6.45, 7) is 0. The lowest BCUT2D eigenvalue weighted by Crippen LogP contribution is -2.07. The summed E-state index contributed by atoms with van der Waals surface area (Å²) in [5, 5.41) is -0.227. The Hall–Kier alpha value is -1.71. The average Bonchev–Trinajstić information content (AvgIpc) is 2.53. The summed E-state index contributed by atoms with van der Waals surface area (Å²) < 4.78 is 10.4. The molecule has 0 aliphatic heterocycles. The molecule has 0 aromatic heterocycles. The van der Waals surface area contributed by atoms with Crippen LogP contribution < -0.4 is 9.47 Å². The monoisotopic (exact) mass is 324 g/mol. The molecule has 0 aliphatic carbocycles. The fourth-order valence-electron chi connectivity index (χ4n) is 1.92. The second kappa shape index (κ2) is 6.83. The quantitative estimate of drug-likeness (QED) is 0.599.